The normalized spacial score (nSPS) is 10.6. The molecule has 0 unspecified atom stereocenters. The van der Waals surface area contributed by atoms with Gasteiger partial charge in [0, 0.05) is 4.47 Å². The maximum atomic E-state index is 11.7. The highest BCUT2D eigenvalue weighted by atomic mass is 79.9. The van der Waals surface area contributed by atoms with Crippen LogP contribution in [0.15, 0.2) is 22.9 Å². The summed E-state index contributed by atoms with van der Waals surface area (Å²) in [6.45, 7) is 4.30. The molecule has 0 aliphatic rings. The van der Waals surface area contributed by atoms with Gasteiger partial charge in [0.15, 0.2) is 5.82 Å². The van der Waals surface area contributed by atoms with E-state index in [4.69, 9.17) is 4.74 Å². The number of carbonyl (C=O) groups excluding carboxylic acids is 1. The molecule has 0 spiro atoms. The summed E-state index contributed by atoms with van der Waals surface area (Å²) in [5.41, 5.74) is 1.45. The summed E-state index contributed by atoms with van der Waals surface area (Å²) in [6.07, 6.45) is 2.62. The van der Waals surface area contributed by atoms with Crippen LogP contribution in [0.4, 0.5) is 4.79 Å². The van der Waals surface area contributed by atoms with E-state index in [2.05, 4.69) is 31.0 Å². The van der Waals surface area contributed by atoms with Crippen molar-refractivity contribution in [3.63, 3.8) is 0 Å². The number of rotatable bonds is 4. The summed E-state index contributed by atoms with van der Waals surface area (Å²) in [6, 6.07) is 3.66. The highest BCUT2D eigenvalue weighted by Gasteiger charge is 2.12. The van der Waals surface area contributed by atoms with Crippen molar-refractivity contribution in [2.24, 2.45) is 0 Å². The minimum Gasteiger partial charge on any atom is -0.448 e. The Labute approximate surface area is 125 Å². The third-order valence-electron chi connectivity index (χ3n) is 2.65. The van der Waals surface area contributed by atoms with Gasteiger partial charge in [-0.3, -0.25) is 0 Å². The van der Waals surface area contributed by atoms with Crippen LogP contribution in [0.25, 0.3) is 11.5 Å². The largest absolute Gasteiger partial charge is 0.448 e. The fourth-order valence-corrected chi connectivity index (χ4v) is 1.73. The van der Waals surface area contributed by atoms with Crippen LogP contribution >= 0.6 is 15.9 Å². The molecule has 2 aromatic rings. The lowest BCUT2D eigenvalue weighted by Gasteiger charge is -2.02. The molecule has 6 nitrogen and oxygen atoms in total. The van der Waals surface area contributed by atoms with Crippen molar-refractivity contribution < 1.29 is 9.53 Å². The average Bonchev–Trinajstić information content (AvgIpc) is 2.92. The van der Waals surface area contributed by atoms with Crippen molar-refractivity contribution in [3.8, 4) is 11.5 Å². The highest BCUT2D eigenvalue weighted by Crippen LogP contribution is 2.18. The summed E-state index contributed by atoms with van der Waals surface area (Å²) in [5, 5.41) is 4.08. The first kappa shape index (κ1) is 14.6. The second-order valence-electron chi connectivity index (χ2n) is 4.24. The first-order valence-corrected chi connectivity index (χ1v) is 7.13. The summed E-state index contributed by atoms with van der Waals surface area (Å²) >= 11 is 3.38. The maximum Gasteiger partial charge on any atom is 0.436 e. The van der Waals surface area contributed by atoms with E-state index in [-0.39, 0.29) is 0 Å². The Bertz CT molecular complexity index is 612. The Morgan fingerprint density at radius 3 is 2.95 bits per heavy atom. The predicted molar refractivity (Wildman–Crippen MR) is 77.3 cm³/mol. The molecule has 2 rings (SSSR count). The van der Waals surface area contributed by atoms with Crippen molar-refractivity contribution in [2.75, 3.05) is 6.61 Å². The molecular formula is C13H15BrN4O2. The lowest BCUT2D eigenvalue weighted by molar-refractivity contribution is 0.142. The van der Waals surface area contributed by atoms with Crippen molar-refractivity contribution in [1.82, 2.24) is 19.7 Å². The van der Waals surface area contributed by atoms with Crippen molar-refractivity contribution in [2.45, 2.75) is 26.7 Å². The Morgan fingerprint density at radius 2 is 2.25 bits per heavy atom. The number of halogens is 1. The fraction of sp³-hybridized carbons (Fsp3) is 0.385. The molecule has 20 heavy (non-hydrogen) atoms. The molecule has 0 saturated carbocycles. The van der Waals surface area contributed by atoms with Gasteiger partial charge in [0.25, 0.3) is 0 Å². The molecule has 0 radical (unpaired) electrons. The number of hydrogen-bond acceptors (Lipinski definition) is 5. The first-order valence-electron chi connectivity index (χ1n) is 6.34. The predicted octanol–water partition coefficient (Wildman–Crippen LogP) is 3.20. The van der Waals surface area contributed by atoms with E-state index in [1.165, 1.54) is 6.33 Å². The molecule has 0 N–H and O–H groups in total. The molecule has 0 bridgehead atoms. The van der Waals surface area contributed by atoms with Gasteiger partial charge < -0.3 is 4.74 Å². The number of nitrogens with zero attached hydrogens (tertiary/aromatic N) is 4. The number of pyridine rings is 1. The lowest BCUT2D eigenvalue weighted by atomic mass is 10.3. The van der Waals surface area contributed by atoms with Gasteiger partial charge in [-0.25, -0.2) is 14.8 Å². The third kappa shape index (κ3) is 3.41. The number of unbranched alkanes of at least 4 members (excludes halogenated alkanes) is 1. The standard InChI is InChI=1S/C13H15BrN4O2/c1-3-4-7-20-13(19)18-8-15-12(17-18)11-6-5-10(14)9(2)16-11/h5-6,8H,3-4,7H2,1-2H3. The van der Waals surface area contributed by atoms with Crippen LogP contribution in [0.3, 0.4) is 0 Å². The SMILES string of the molecule is CCCCOC(=O)n1cnc(-c2ccc(Br)c(C)n2)n1. The Balaban J connectivity index is 2.12. The van der Waals surface area contributed by atoms with Gasteiger partial charge in [-0.15, -0.1) is 5.10 Å². The zero-order valence-corrected chi connectivity index (χ0v) is 12.9. The molecule has 2 heterocycles. The van der Waals surface area contributed by atoms with E-state index >= 15 is 0 Å². The number of hydrogen-bond donors (Lipinski definition) is 0. The number of aromatic nitrogens is 4. The smallest absolute Gasteiger partial charge is 0.436 e. The lowest BCUT2D eigenvalue weighted by Crippen LogP contribution is -2.15. The minimum absolute atomic E-state index is 0.389. The van der Waals surface area contributed by atoms with Crippen LogP contribution in [0, 0.1) is 6.92 Å². The van der Waals surface area contributed by atoms with Gasteiger partial charge >= 0.3 is 6.09 Å². The van der Waals surface area contributed by atoms with E-state index < -0.39 is 6.09 Å². The zero-order chi connectivity index (χ0) is 14.5. The van der Waals surface area contributed by atoms with Gasteiger partial charge in [0.2, 0.25) is 0 Å². The molecule has 0 aliphatic carbocycles. The van der Waals surface area contributed by atoms with Crippen LogP contribution in [-0.4, -0.2) is 32.4 Å². The number of carbonyl (C=O) groups is 1. The van der Waals surface area contributed by atoms with Crippen molar-refractivity contribution in [3.05, 3.63) is 28.6 Å². The molecule has 0 aromatic carbocycles. The molecule has 0 amide bonds. The van der Waals surface area contributed by atoms with Crippen molar-refractivity contribution >= 4 is 22.0 Å². The quantitative estimate of drug-likeness (QED) is 0.800. The molecule has 0 atom stereocenters. The van der Waals surface area contributed by atoms with E-state index in [1.807, 2.05) is 19.9 Å². The summed E-state index contributed by atoms with van der Waals surface area (Å²) in [4.78, 5) is 20.1. The van der Waals surface area contributed by atoms with Gasteiger partial charge in [-0.05, 0) is 41.4 Å². The third-order valence-corrected chi connectivity index (χ3v) is 3.49. The number of aryl methyl sites for hydroxylation is 1. The molecule has 0 aliphatic heterocycles. The molecular weight excluding hydrogens is 324 g/mol. The molecule has 106 valence electrons. The van der Waals surface area contributed by atoms with Crippen LogP contribution in [0.5, 0.6) is 0 Å². The Hall–Kier alpha value is -1.76. The van der Waals surface area contributed by atoms with Crippen LogP contribution in [0.2, 0.25) is 0 Å². The summed E-state index contributed by atoms with van der Waals surface area (Å²) in [7, 11) is 0. The zero-order valence-electron chi connectivity index (χ0n) is 11.3. The molecule has 0 saturated heterocycles. The monoisotopic (exact) mass is 338 g/mol. The second kappa shape index (κ2) is 6.60. The van der Waals surface area contributed by atoms with Crippen LogP contribution in [-0.2, 0) is 4.74 Å². The van der Waals surface area contributed by atoms with Crippen LogP contribution in [0.1, 0.15) is 25.5 Å². The molecule has 7 heteroatoms. The van der Waals surface area contributed by atoms with Gasteiger partial charge in [0.1, 0.15) is 12.0 Å². The van der Waals surface area contributed by atoms with E-state index in [0.717, 1.165) is 27.7 Å². The van der Waals surface area contributed by atoms with E-state index in [1.54, 1.807) is 6.07 Å². The maximum absolute atomic E-state index is 11.7. The Kier molecular flexibility index (Phi) is 4.84. The van der Waals surface area contributed by atoms with Crippen molar-refractivity contribution in [1.29, 1.82) is 0 Å². The fourth-order valence-electron chi connectivity index (χ4n) is 1.51. The second-order valence-corrected chi connectivity index (χ2v) is 5.10. The average molecular weight is 339 g/mol. The van der Waals surface area contributed by atoms with Gasteiger partial charge in [-0.1, -0.05) is 13.3 Å². The summed E-state index contributed by atoms with van der Waals surface area (Å²) in [5.74, 6) is 0.396. The van der Waals surface area contributed by atoms with Crippen LogP contribution < -0.4 is 0 Å². The number of ether oxygens (including phenoxy) is 1. The summed E-state index contributed by atoms with van der Waals surface area (Å²) < 4.78 is 7.06. The van der Waals surface area contributed by atoms with Gasteiger partial charge in [0.05, 0.1) is 12.3 Å². The minimum atomic E-state index is -0.522. The topological polar surface area (TPSA) is 69.9 Å². The van der Waals surface area contributed by atoms with Gasteiger partial charge in [-0.2, -0.15) is 4.68 Å². The first-order chi connectivity index (χ1) is 9.61. The van der Waals surface area contributed by atoms with E-state index in [0.29, 0.717) is 18.1 Å². The van der Waals surface area contributed by atoms with E-state index in [9.17, 15) is 4.79 Å². The highest BCUT2D eigenvalue weighted by molar-refractivity contribution is 9.10. The molecule has 0 fully saturated rings. The molecule has 2 aromatic heterocycles. The Morgan fingerprint density at radius 1 is 1.45 bits per heavy atom.